The van der Waals surface area contributed by atoms with E-state index in [0.717, 1.165) is 18.5 Å². The van der Waals surface area contributed by atoms with E-state index >= 15 is 0 Å². The van der Waals surface area contributed by atoms with Gasteiger partial charge in [-0.25, -0.2) is 0 Å². The number of hydrogen-bond donors (Lipinski definition) is 2. The summed E-state index contributed by atoms with van der Waals surface area (Å²) in [6, 6.07) is 3.52. The average Bonchev–Trinajstić information content (AvgIpc) is 3.18. The number of pyridine rings is 1. The maximum absolute atomic E-state index is 6.20. The van der Waals surface area contributed by atoms with Crippen LogP contribution in [0.1, 0.15) is 24.5 Å². The highest BCUT2D eigenvalue weighted by molar-refractivity contribution is 6.48. The van der Waals surface area contributed by atoms with Gasteiger partial charge in [0.1, 0.15) is 0 Å². The van der Waals surface area contributed by atoms with Crippen LogP contribution < -0.4 is 11.3 Å². The van der Waals surface area contributed by atoms with Gasteiger partial charge in [0.2, 0.25) is 0 Å². The molecule has 0 aliphatic heterocycles. The molecule has 1 aromatic carbocycles. The van der Waals surface area contributed by atoms with Crippen molar-refractivity contribution in [3.8, 4) is 0 Å². The molecule has 6 heteroatoms. The number of hydrogen-bond acceptors (Lipinski definition) is 3. The number of fused-ring (bicyclic) bond motifs is 1. The molecule has 18 heavy (non-hydrogen) atoms. The predicted molar refractivity (Wildman–Crippen MR) is 76.6 cm³/mol. The lowest BCUT2D eigenvalue weighted by Crippen LogP contribution is -2.08. The molecular weight excluding hydrogens is 293 g/mol. The lowest BCUT2D eigenvalue weighted by Gasteiger charge is -2.12. The number of nitrogens with two attached hydrogens (primary N) is 1. The molecule has 0 spiro atoms. The first-order chi connectivity index (χ1) is 8.61. The lowest BCUT2D eigenvalue weighted by atomic mass is 10.1. The van der Waals surface area contributed by atoms with Crippen molar-refractivity contribution in [3.05, 3.63) is 32.9 Å². The number of aromatic nitrogens is 1. The van der Waals surface area contributed by atoms with E-state index in [9.17, 15) is 0 Å². The molecule has 0 saturated heterocycles. The van der Waals surface area contributed by atoms with Crippen LogP contribution in [0.2, 0.25) is 15.1 Å². The van der Waals surface area contributed by atoms with Gasteiger partial charge in [0, 0.05) is 17.0 Å². The summed E-state index contributed by atoms with van der Waals surface area (Å²) in [7, 11) is 0. The van der Waals surface area contributed by atoms with Gasteiger partial charge in [-0.1, -0.05) is 34.8 Å². The largest absolute Gasteiger partial charge is 0.323 e. The fourth-order valence-electron chi connectivity index (χ4n) is 2.02. The molecule has 0 radical (unpaired) electrons. The predicted octanol–water partition coefficient (Wildman–Crippen LogP) is 4.36. The summed E-state index contributed by atoms with van der Waals surface area (Å²) >= 11 is 18.4. The third kappa shape index (κ3) is 1.91. The fraction of sp³-hybridized carbons (Fsp3) is 0.250. The third-order valence-electron chi connectivity index (χ3n) is 3.10. The second kappa shape index (κ2) is 4.42. The Balaban J connectivity index is 2.38. The van der Waals surface area contributed by atoms with E-state index in [2.05, 4.69) is 10.4 Å². The van der Waals surface area contributed by atoms with Gasteiger partial charge in [0.15, 0.2) is 0 Å². The van der Waals surface area contributed by atoms with E-state index in [0.29, 0.717) is 37.6 Å². The minimum Gasteiger partial charge on any atom is -0.323 e. The smallest absolute Gasteiger partial charge is 0.0928 e. The quantitative estimate of drug-likeness (QED) is 0.492. The van der Waals surface area contributed by atoms with Gasteiger partial charge in [0.25, 0.3) is 0 Å². The monoisotopic (exact) mass is 301 g/mol. The SMILES string of the molecule is NNc1cc(C2CC2)nc2c(Cl)cc(Cl)c(Cl)c12. The van der Waals surface area contributed by atoms with Crippen molar-refractivity contribution in [2.45, 2.75) is 18.8 Å². The van der Waals surface area contributed by atoms with Crippen LogP contribution in [0.25, 0.3) is 10.9 Å². The molecule has 2 aromatic rings. The van der Waals surface area contributed by atoms with Gasteiger partial charge in [-0.15, -0.1) is 0 Å². The Hall–Kier alpha value is -0.740. The summed E-state index contributed by atoms with van der Waals surface area (Å²) in [5.74, 6) is 6.06. The first-order valence-electron chi connectivity index (χ1n) is 5.56. The molecule has 94 valence electrons. The van der Waals surface area contributed by atoms with Crippen LogP contribution >= 0.6 is 34.8 Å². The van der Waals surface area contributed by atoms with E-state index in [1.807, 2.05) is 6.07 Å². The molecule has 3 rings (SSSR count). The summed E-state index contributed by atoms with van der Waals surface area (Å²) in [4.78, 5) is 4.58. The van der Waals surface area contributed by atoms with Crippen molar-refractivity contribution in [1.29, 1.82) is 0 Å². The minimum atomic E-state index is 0.395. The highest BCUT2D eigenvalue weighted by atomic mass is 35.5. The van der Waals surface area contributed by atoms with Gasteiger partial charge in [-0.2, -0.15) is 0 Å². The van der Waals surface area contributed by atoms with Crippen molar-refractivity contribution in [2.75, 3.05) is 5.43 Å². The zero-order chi connectivity index (χ0) is 12.9. The van der Waals surface area contributed by atoms with Crippen molar-refractivity contribution in [1.82, 2.24) is 4.98 Å². The zero-order valence-corrected chi connectivity index (χ0v) is 11.6. The Morgan fingerprint density at radius 1 is 1.17 bits per heavy atom. The molecule has 3 nitrogen and oxygen atoms in total. The second-order valence-electron chi connectivity index (χ2n) is 4.39. The van der Waals surface area contributed by atoms with Gasteiger partial charge in [0.05, 0.1) is 26.3 Å². The molecule has 1 aromatic heterocycles. The number of nitrogens with one attached hydrogen (secondary N) is 1. The van der Waals surface area contributed by atoms with Crippen LogP contribution in [0.4, 0.5) is 5.69 Å². The molecule has 0 unspecified atom stereocenters. The second-order valence-corrected chi connectivity index (χ2v) is 5.58. The highest BCUT2D eigenvalue weighted by Gasteiger charge is 2.27. The van der Waals surface area contributed by atoms with E-state index in [4.69, 9.17) is 40.6 Å². The van der Waals surface area contributed by atoms with Gasteiger partial charge in [-0.05, 0) is 25.0 Å². The maximum atomic E-state index is 6.20. The van der Waals surface area contributed by atoms with Crippen LogP contribution in [0.5, 0.6) is 0 Å². The molecule has 1 aliphatic carbocycles. The molecule has 3 N–H and O–H groups in total. The Bertz CT molecular complexity index is 638. The van der Waals surface area contributed by atoms with Crippen LogP contribution in [-0.4, -0.2) is 4.98 Å². The van der Waals surface area contributed by atoms with Crippen LogP contribution in [0.15, 0.2) is 12.1 Å². The molecule has 1 fully saturated rings. The van der Waals surface area contributed by atoms with Crippen molar-refractivity contribution >= 4 is 51.4 Å². The normalized spacial score (nSPS) is 15.1. The van der Waals surface area contributed by atoms with E-state index < -0.39 is 0 Å². The highest BCUT2D eigenvalue weighted by Crippen LogP contribution is 2.44. The van der Waals surface area contributed by atoms with Crippen LogP contribution in [-0.2, 0) is 0 Å². The number of anilines is 1. The first kappa shape index (κ1) is 12.3. The molecule has 0 atom stereocenters. The number of halogens is 3. The van der Waals surface area contributed by atoms with Crippen molar-refractivity contribution < 1.29 is 0 Å². The summed E-state index contributed by atoms with van der Waals surface area (Å²) in [6.07, 6.45) is 2.31. The molecule has 0 bridgehead atoms. The maximum Gasteiger partial charge on any atom is 0.0928 e. The molecule has 1 heterocycles. The summed E-state index contributed by atoms with van der Waals surface area (Å²) in [5, 5.41) is 1.96. The summed E-state index contributed by atoms with van der Waals surface area (Å²) in [5.41, 5.74) is 4.99. The number of rotatable bonds is 2. The van der Waals surface area contributed by atoms with Crippen molar-refractivity contribution in [3.63, 3.8) is 0 Å². The third-order valence-corrected chi connectivity index (χ3v) is 4.17. The number of nitrogen functional groups attached to an aromatic ring is 1. The molecule has 1 aliphatic rings. The average molecular weight is 303 g/mol. The van der Waals surface area contributed by atoms with Crippen LogP contribution in [0, 0.1) is 0 Å². The summed E-state index contributed by atoms with van der Waals surface area (Å²) < 4.78 is 0. The molecule has 0 amide bonds. The van der Waals surface area contributed by atoms with Gasteiger partial charge < -0.3 is 5.43 Å². The topological polar surface area (TPSA) is 50.9 Å². The lowest BCUT2D eigenvalue weighted by molar-refractivity contribution is 1.04. The Kier molecular flexibility index (Phi) is 3.02. The fourth-order valence-corrected chi connectivity index (χ4v) is 2.78. The Labute approximate surface area is 119 Å². The standard InChI is InChI=1S/C12H10Cl3N3/c13-6-3-7(14)12-10(11(6)15)9(18-16)4-8(17-12)5-1-2-5/h3-5H,1-2,16H2,(H,17,18). The summed E-state index contributed by atoms with van der Waals surface area (Å²) in [6.45, 7) is 0. The number of hydrazine groups is 1. The molecular formula is C12H10Cl3N3. The van der Waals surface area contributed by atoms with E-state index in [-0.39, 0.29) is 0 Å². The first-order valence-corrected chi connectivity index (χ1v) is 6.70. The van der Waals surface area contributed by atoms with Crippen LogP contribution in [0.3, 0.4) is 0 Å². The number of nitrogens with zero attached hydrogens (tertiary/aromatic N) is 1. The number of benzene rings is 1. The van der Waals surface area contributed by atoms with E-state index in [1.54, 1.807) is 6.07 Å². The van der Waals surface area contributed by atoms with Gasteiger partial charge >= 0.3 is 0 Å². The minimum absolute atomic E-state index is 0.395. The van der Waals surface area contributed by atoms with Crippen molar-refractivity contribution in [2.24, 2.45) is 5.84 Å². The molecule has 1 saturated carbocycles. The zero-order valence-electron chi connectivity index (χ0n) is 9.30. The Morgan fingerprint density at radius 2 is 1.89 bits per heavy atom. The Morgan fingerprint density at radius 3 is 2.50 bits per heavy atom. The van der Waals surface area contributed by atoms with E-state index in [1.165, 1.54) is 0 Å². The van der Waals surface area contributed by atoms with Gasteiger partial charge in [-0.3, -0.25) is 10.8 Å².